The second-order valence-corrected chi connectivity index (χ2v) is 2.03. The van der Waals surface area contributed by atoms with E-state index in [1.807, 2.05) is 26.1 Å². The predicted octanol–water partition coefficient (Wildman–Crippen LogP) is 2.41. The molecule has 0 aliphatic carbocycles. The van der Waals surface area contributed by atoms with Crippen molar-refractivity contribution < 1.29 is 0 Å². The van der Waals surface area contributed by atoms with Crippen LogP contribution in [-0.4, -0.2) is 7.05 Å². The SMILES string of the molecule is C=CC(/C=C\C)=C(\C=C)NC. The van der Waals surface area contributed by atoms with Crippen LogP contribution in [0.4, 0.5) is 0 Å². The largest absolute Gasteiger partial charge is 0.388 e. The molecule has 60 valence electrons. The lowest BCUT2D eigenvalue weighted by molar-refractivity contribution is 1.02. The van der Waals surface area contributed by atoms with E-state index in [4.69, 9.17) is 0 Å². The molecule has 0 saturated heterocycles. The van der Waals surface area contributed by atoms with Crippen molar-refractivity contribution in [1.82, 2.24) is 5.32 Å². The van der Waals surface area contributed by atoms with Gasteiger partial charge in [-0.15, -0.1) is 0 Å². The fourth-order valence-corrected chi connectivity index (χ4v) is 0.812. The zero-order valence-corrected chi connectivity index (χ0v) is 7.22. The maximum absolute atomic E-state index is 3.70. The number of hydrogen-bond acceptors (Lipinski definition) is 1. The minimum Gasteiger partial charge on any atom is -0.388 e. The van der Waals surface area contributed by atoms with Crippen LogP contribution in [0.15, 0.2) is 48.7 Å². The normalized spacial score (nSPS) is 12.5. The van der Waals surface area contributed by atoms with Gasteiger partial charge in [0.05, 0.1) is 0 Å². The van der Waals surface area contributed by atoms with Crippen LogP contribution < -0.4 is 5.32 Å². The van der Waals surface area contributed by atoms with Gasteiger partial charge in [-0.05, 0) is 18.6 Å². The summed E-state index contributed by atoms with van der Waals surface area (Å²) >= 11 is 0. The Balaban J connectivity index is 4.75. The van der Waals surface area contributed by atoms with Gasteiger partial charge in [0.15, 0.2) is 0 Å². The van der Waals surface area contributed by atoms with E-state index in [2.05, 4.69) is 18.5 Å². The molecule has 0 aromatic heterocycles. The minimum atomic E-state index is 0.998. The summed E-state index contributed by atoms with van der Waals surface area (Å²) in [4.78, 5) is 0. The molecule has 0 fully saturated rings. The average Bonchev–Trinajstić information content (AvgIpc) is 2.05. The number of rotatable bonds is 4. The molecule has 1 heteroatoms. The van der Waals surface area contributed by atoms with Gasteiger partial charge in [-0.1, -0.05) is 31.4 Å². The van der Waals surface area contributed by atoms with E-state index in [0.717, 1.165) is 11.3 Å². The molecular formula is C10H15N. The quantitative estimate of drug-likeness (QED) is 0.605. The molecule has 0 heterocycles. The maximum atomic E-state index is 3.70. The Bertz CT molecular complexity index is 197. The molecular weight excluding hydrogens is 134 g/mol. The van der Waals surface area contributed by atoms with E-state index < -0.39 is 0 Å². The van der Waals surface area contributed by atoms with Crippen LogP contribution in [0.3, 0.4) is 0 Å². The zero-order valence-electron chi connectivity index (χ0n) is 7.22. The molecule has 1 N–H and O–H groups in total. The Morgan fingerprint density at radius 1 is 1.27 bits per heavy atom. The highest BCUT2D eigenvalue weighted by Crippen LogP contribution is 2.04. The summed E-state index contributed by atoms with van der Waals surface area (Å²) in [6, 6.07) is 0. The van der Waals surface area contributed by atoms with Gasteiger partial charge in [-0.3, -0.25) is 0 Å². The number of nitrogens with one attached hydrogen (secondary N) is 1. The molecule has 0 spiro atoms. The average molecular weight is 149 g/mol. The molecule has 0 aromatic carbocycles. The molecule has 0 amide bonds. The van der Waals surface area contributed by atoms with Crippen molar-refractivity contribution in [3.63, 3.8) is 0 Å². The fraction of sp³-hybridized carbons (Fsp3) is 0.200. The van der Waals surface area contributed by atoms with Gasteiger partial charge in [0.1, 0.15) is 0 Å². The fourth-order valence-electron chi connectivity index (χ4n) is 0.812. The first kappa shape index (κ1) is 9.76. The van der Waals surface area contributed by atoms with Gasteiger partial charge in [0.25, 0.3) is 0 Å². The number of hydrogen-bond donors (Lipinski definition) is 1. The standard InChI is InChI=1S/C10H15N/c1-5-8-9(6-2)10(7-3)11-4/h5-8,11H,2-3H2,1,4H3/b8-5-,10-9-. The molecule has 0 aliphatic rings. The summed E-state index contributed by atoms with van der Waals surface area (Å²) in [6.45, 7) is 9.35. The van der Waals surface area contributed by atoms with Crippen molar-refractivity contribution in [1.29, 1.82) is 0 Å². The van der Waals surface area contributed by atoms with Gasteiger partial charge >= 0.3 is 0 Å². The highest BCUT2D eigenvalue weighted by molar-refractivity contribution is 5.38. The molecule has 0 saturated carbocycles. The van der Waals surface area contributed by atoms with Gasteiger partial charge in [-0.2, -0.15) is 0 Å². The smallest absolute Gasteiger partial charge is 0.0404 e. The summed E-state index contributed by atoms with van der Waals surface area (Å²) < 4.78 is 0. The summed E-state index contributed by atoms with van der Waals surface area (Å²) in [6.07, 6.45) is 7.53. The van der Waals surface area contributed by atoms with Crippen molar-refractivity contribution >= 4 is 0 Å². The predicted molar refractivity (Wildman–Crippen MR) is 51.3 cm³/mol. The minimum absolute atomic E-state index is 0.998. The highest BCUT2D eigenvalue weighted by atomic mass is 14.8. The van der Waals surface area contributed by atoms with Crippen LogP contribution in [0.25, 0.3) is 0 Å². The van der Waals surface area contributed by atoms with Crippen LogP contribution in [0.5, 0.6) is 0 Å². The molecule has 0 atom stereocenters. The van der Waals surface area contributed by atoms with Crippen molar-refractivity contribution in [3.05, 3.63) is 48.7 Å². The second-order valence-electron chi connectivity index (χ2n) is 2.03. The summed E-state index contributed by atoms with van der Waals surface area (Å²) in [5.41, 5.74) is 2.06. The number of likely N-dealkylation sites (N-methyl/N-ethyl adjacent to an activating group) is 1. The third kappa shape index (κ3) is 2.89. The van der Waals surface area contributed by atoms with Gasteiger partial charge in [0, 0.05) is 12.7 Å². The van der Waals surface area contributed by atoms with Crippen LogP contribution in [0.2, 0.25) is 0 Å². The van der Waals surface area contributed by atoms with Crippen LogP contribution in [0, 0.1) is 0 Å². The number of allylic oxidation sites excluding steroid dienone is 5. The Labute approximate surface area is 68.8 Å². The van der Waals surface area contributed by atoms with Crippen LogP contribution in [0.1, 0.15) is 6.92 Å². The lowest BCUT2D eigenvalue weighted by Crippen LogP contribution is -2.04. The monoisotopic (exact) mass is 149 g/mol. The molecule has 0 aliphatic heterocycles. The molecule has 0 radical (unpaired) electrons. The lowest BCUT2D eigenvalue weighted by atomic mass is 10.2. The van der Waals surface area contributed by atoms with E-state index in [0.29, 0.717) is 0 Å². The topological polar surface area (TPSA) is 12.0 Å². The third-order valence-corrected chi connectivity index (χ3v) is 1.35. The van der Waals surface area contributed by atoms with Crippen molar-refractivity contribution in [2.45, 2.75) is 6.92 Å². The maximum Gasteiger partial charge on any atom is 0.0404 e. The van der Waals surface area contributed by atoms with Crippen molar-refractivity contribution in [2.24, 2.45) is 0 Å². The van der Waals surface area contributed by atoms with Crippen LogP contribution in [-0.2, 0) is 0 Å². The first-order valence-electron chi connectivity index (χ1n) is 3.59. The zero-order chi connectivity index (χ0) is 8.69. The summed E-state index contributed by atoms with van der Waals surface area (Å²) in [7, 11) is 1.87. The summed E-state index contributed by atoms with van der Waals surface area (Å²) in [5, 5.41) is 3.03. The van der Waals surface area contributed by atoms with Crippen molar-refractivity contribution in [2.75, 3.05) is 7.05 Å². The van der Waals surface area contributed by atoms with E-state index in [1.54, 1.807) is 12.2 Å². The van der Waals surface area contributed by atoms with E-state index >= 15 is 0 Å². The van der Waals surface area contributed by atoms with Gasteiger partial charge < -0.3 is 5.32 Å². The molecule has 1 nitrogen and oxygen atoms in total. The molecule has 0 rings (SSSR count). The van der Waals surface area contributed by atoms with E-state index in [-0.39, 0.29) is 0 Å². The molecule has 0 aromatic rings. The molecule has 0 unspecified atom stereocenters. The summed E-state index contributed by atoms with van der Waals surface area (Å²) in [5.74, 6) is 0. The Morgan fingerprint density at radius 2 is 1.91 bits per heavy atom. The highest BCUT2D eigenvalue weighted by Gasteiger charge is 1.91. The first-order chi connectivity index (χ1) is 5.29. The Kier molecular flexibility index (Phi) is 4.91. The van der Waals surface area contributed by atoms with Gasteiger partial charge in [0.2, 0.25) is 0 Å². The molecule has 0 bridgehead atoms. The van der Waals surface area contributed by atoms with E-state index in [9.17, 15) is 0 Å². The Hall–Kier alpha value is -1.24. The molecule has 11 heavy (non-hydrogen) atoms. The third-order valence-electron chi connectivity index (χ3n) is 1.35. The van der Waals surface area contributed by atoms with E-state index in [1.165, 1.54) is 0 Å². The van der Waals surface area contributed by atoms with Crippen molar-refractivity contribution in [3.8, 4) is 0 Å². The first-order valence-corrected chi connectivity index (χ1v) is 3.59. The lowest BCUT2D eigenvalue weighted by Gasteiger charge is -2.02. The van der Waals surface area contributed by atoms with Crippen LogP contribution >= 0.6 is 0 Å². The Morgan fingerprint density at radius 3 is 2.18 bits per heavy atom. The second kappa shape index (κ2) is 5.54. The van der Waals surface area contributed by atoms with Gasteiger partial charge in [-0.25, -0.2) is 0 Å².